The zero-order chi connectivity index (χ0) is 13.2. The predicted octanol–water partition coefficient (Wildman–Crippen LogP) is 2.12. The van der Waals surface area contributed by atoms with Crippen molar-refractivity contribution in [3.05, 3.63) is 0 Å². The standard InChI is InChI=1S/C15H30N2O/c1-12-10-17(11-13-5-7-18-8-6-13)14(9-16-12)15(2,3)4/h12-14,16H,5-11H2,1-4H3. The normalized spacial score (nSPS) is 32.7. The Morgan fingerprint density at radius 3 is 2.50 bits per heavy atom. The lowest BCUT2D eigenvalue weighted by atomic mass is 9.83. The van der Waals surface area contributed by atoms with Crippen molar-refractivity contribution in [1.29, 1.82) is 0 Å². The Hall–Kier alpha value is -0.120. The van der Waals surface area contributed by atoms with Gasteiger partial charge in [0.1, 0.15) is 0 Å². The third-order valence-electron chi connectivity index (χ3n) is 4.44. The molecule has 0 spiro atoms. The molecule has 1 N–H and O–H groups in total. The van der Waals surface area contributed by atoms with Crippen LogP contribution in [0.1, 0.15) is 40.5 Å². The number of ether oxygens (including phenoxy) is 1. The molecule has 3 heteroatoms. The van der Waals surface area contributed by atoms with Crippen LogP contribution in [0.3, 0.4) is 0 Å². The van der Waals surface area contributed by atoms with Crippen molar-refractivity contribution in [2.45, 2.75) is 52.6 Å². The minimum absolute atomic E-state index is 0.359. The topological polar surface area (TPSA) is 24.5 Å². The quantitative estimate of drug-likeness (QED) is 0.817. The van der Waals surface area contributed by atoms with E-state index in [0.29, 0.717) is 17.5 Å². The van der Waals surface area contributed by atoms with Crippen molar-refractivity contribution < 1.29 is 4.74 Å². The third kappa shape index (κ3) is 3.69. The Bertz CT molecular complexity index is 256. The summed E-state index contributed by atoms with van der Waals surface area (Å²) < 4.78 is 5.47. The SMILES string of the molecule is CC1CN(CC2CCOCC2)C(C(C)(C)C)CN1. The number of hydrogen-bond acceptors (Lipinski definition) is 3. The fraction of sp³-hybridized carbons (Fsp3) is 1.00. The van der Waals surface area contributed by atoms with Crippen molar-refractivity contribution in [1.82, 2.24) is 10.2 Å². The molecular weight excluding hydrogens is 224 g/mol. The smallest absolute Gasteiger partial charge is 0.0469 e. The van der Waals surface area contributed by atoms with E-state index in [4.69, 9.17) is 4.74 Å². The number of rotatable bonds is 2. The first-order valence-corrected chi connectivity index (χ1v) is 7.52. The average molecular weight is 254 g/mol. The maximum Gasteiger partial charge on any atom is 0.0469 e. The molecule has 0 amide bonds. The molecule has 106 valence electrons. The number of hydrogen-bond donors (Lipinski definition) is 1. The third-order valence-corrected chi connectivity index (χ3v) is 4.44. The number of nitrogens with one attached hydrogen (secondary N) is 1. The van der Waals surface area contributed by atoms with Crippen LogP contribution in [0.4, 0.5) is 0 Å². The van der Waals surface area contributed by atoms with E-state index in [-0.39, 0.29) is 0 Å². The first-order chi connectivity index (χ1) is 8.47. The van der Waals surface area contributed by atoms with E-state index in [2.05, 4.69) is 37.9 Å². The van der Waals surface area contributed by atoms with Gasteiger partial charge in [-0.05, 0) is 31.1 Å². The Labute approximate surface area is 112 Å². The van der Waals surface area contributed by atoms with Crippen molar-refractivity contribution in [2.24, 2.45) is 11.3 Å². The summed E-state index contributed by atoms with van der Waals surface area (Å²) >= 11 is 0. The summed E-state index contributed by atoms with van der Waals surface area (Å²) in [5.74, 6) is 0.842. The molecule has 2 fully saturated rings. The first kappa shape index (κ1) is 14.3. The van der Waals surface area contributed by atoms with Gasteiger partial charge in [0.05, 0.1) is 0 Å². The highest BCUT2D eigenvalue weighted by Gasteiger charge is 2.35. The molecule has 18 heavy (non-hydrogen) atoms. The minimum atomic E-state index is 0.359. The highest BCUT2D eigenvalue weighted by molar-refractivity contribution is 4.92. The van der Waals surface area contributed by atoms with E-state index in [1.54, 1.807) is 0 Å². The van der Waals surface area contributed by atoms with Gasteiger partial charge in [0.15, 0.2) is 0 Å². The van der Waals surface area contributed by atoms with Gasteiger partial charge in [0, 0.05) is 44.9 Å². The lowest BCUT2D eigenvalue weighted by Crippen LogP contribution is -2.60. The molecule has 0 aromatic carbocycles. The molecule has 0 radical (unpaired) electrons. The van der Waals surface area contributed by atoms with E-state index in [0.717, 1.165) is 25.7 Å². The zero-order valence-corrected chi connectivity index (χ0v) is 12.5. The van der Waals surface area contributed by atoms with E-state index < -0.39 is 0 Å². The van der Waals surface area contributed by atoms with Crippen LogP contribution >= 0.6 is 0 Å². The molecule has 2 heterocycles. The molecule has 0 bridgehead atoms. The fourth-order valence-electron chi connectivity index (χ4n) is 3.30. The van der Waals surface area contributed by atoms with Crippen LogP contribution in [0.25, 0.3) is 0 Å². The van der Waals surface area contributed by atoms with Crippen molar-refractivity contribution in [3.8, 4) is 0 Å². The van der Waals surface area contributed by atoms with Crippen molar-refractivity contribution in [3.63, 3.8) is 0 Å². The molecule has 2 aliphatic heterocycles. The highest BCUT2D eigenvalue weighted by atomic mass is 16.5. The molecular formula is C15H30N2O. The molecule has 0 aromatic heterocycles. The largest absolute Gasteiger partial charge is 0.381 e. The van der Waals surface area contributed by atoms with Crippen LogP contribution in [-0.2, 0) is 4.74 Å². The molecule has 0 aromatic rings. The average Bonchev–Trinajstić information content (AvgIpc) is 2.28. The Morgan fingerprint density at radius 2 is 1.89 bits per heavy atom. The summed E-state index contributed by atoms with van der Waals surface area (Å²) in [4.78, 5) is 2.73. The van der Waals surface area contributed by atoms with E-state index in [1.807, 2.05) is 0 Å². The molecule has 2 rings (SSSR count). The monoisotopic (exact) mass is 254 g/mol. The minimum Gasteiger partial charge on any atom is -0.381 e. The maximum atomic E-state index is 5.47. The van der Waals surface area contributed by atoms with Gasteiger partial charge in [-0.15, -0.1) is 0 Å². The Balaban J connectivity index is 1.96. The molecule has 0 aliphatic carbocycles. The van der Waals surface area contributed by atoms with Crippen LogP contribution in [0, 0.1) is 11.3 Å². The van der Waals surface area contributed by atoms with Gasteiger partial charge in [0.25, 0.3) is 0 Å². The molecule has 2 saturated heterocycles. The second kappa shape index (κ2) is 5.89. The maximum absolute atomic E-state index is 5.47. The van der Waals surface area contributed by atoms with Gasteiger partial charge in [-0.1, -0.05) is 20.8 Å². The second-order valence-corrected chi connectivity index (χ2v) is 7.20. The Kier molecular flexibility index (Phi) is 4.68. The van der Waals surface area contributed by atoms with Gasteiger partial charge >= 0.3 is 0 Å². The van der Waals surface area contributed by atoms with Crippen LogP contribution in [0.5, 0.6) is 0 Å². The van der Waals surface area contributed by atoms with E-state index >= 15 is 0 Å². The molecule has 2 unspecified atom stereocenters. The summed E-state index contributed by atoms with van der Waals surface area (Å²) in [6, 6.07) is 1.29. The Morgan fingerprint density at radius 1 is 1.22 bits per heavy atom. The highest BCUT2D eigenvalue weighted by Crippen LogP contribution is 2.28. The predicted molar refractivity (Wildman–Crippen MR) is 75.8 cm³/mol. The summed E-state index contributed by atoms with van der Waals surface area (Å²) in [6.07, 6.45) is 2.49. The van der Waals surface area contributed by atoms with Gasteiger partial charge in [-0.25, -0.2) is 0 Å². The molecule has 2 atom stereocenters. The number of nitrogens with zero attached hydrogens (tertiary/aromatic N) is 1. The second-order valence-electron chi connectivity index (χ2n) is 7.20. The van der Waals surface area contributed by atoms with Gasteiger partial charge < -0.3 is 10.1 Å². The van der Waals surface area contributed by atoms with Crippen LogP contribution < -0.4 is 5.32 Å². The lowest BCUT2D eigenvalue weighted by Gasteiger charge is -2.47. The van der Waals surface area contributed by atoms with Crippen LogP contribution in [0.2, 0.25) is 0 Å². The summed E-state index contributed by atoms with van der Waals surface area (Å²) in [6.45, 7) is 14.9. The van der Waals surface area contributed by atoms with Crippen molar-refractivity contribution >= 4 is 0 Å². The van der Waals surface area contributed by atoms with Crippen molar-refractivity contribution in [2.75, 3.05) is 32.8 Å². The van der Waals surface area contributed by atoms with Gasteiger partial charge in [-0.2, -0.15) is 0 Å². The molecule has 2 aliphatic rings. The van der Waals surface area contributed by atoms with Gasteiger partial charge in [0.2, 0.25) is 0 Å². The lowest BCUT2D eigenvalue weighted by molar-refractivity contribution is 0.0123. The number of piperazine rings is 1. The van der Waals surface area contributed by atoms with Crippen LogP contribution in [-0.4, -0.2) is 49.8 Å². The van der Waals surface area contributed by atoms with E-state index in [9.17, 15) is 0 Å². The fourth-order valence-corrected chi connectivity index (χ4v) is 3.30. The summed E-state index contributed by atoms with van der Waals surface area (Å²) in [7, 11) is 0. The zero-order valence-electron chi connectivity index (χ0n) is 12.5. The first-order valence-electron chi connectivity index (χ1n) is 7.52. The molecule has 3 nitrogen and oxygen atoms in total. The van der Waals surface area contributed by atoms with E-state index in [1.165, 1.54) is 25.9 Å². The summed E-state index contributed by atoms with van der Waals surface area (Å²) in [5.41, 5.74) is 0.359. The van der Waals surface area contributed by atoms with Gasteiger partial charge in [-0.3, -0.25) is 4.90 Å². The molecule has 0 saturated carbocycles. The van der Waals surface area contributed by atoms with Crippen LogP contribution in [0.15, 0.2) is 0 Å². The summed E-state index contributed by atoms with van der Waals surface area (Å²) in [5, 5.41) is 3.64.